The Hall–Kier alpha value is -1.77. The number of imidazole rings is 1. The van der Waals surface area contributed by atoms with Gasteiger partial charge in [0, 0.05) is 17.5 Å². The molecule has 20 heavy (non-hydrogen) atoms. The van der Waals surface area contributed by atoms with E-state index >= 15 is 0 Å². The number of aryl methyl sites for hydroxylation is 2. The number of nitrogens with two attached hydrogens (primary N) is 1. The number of nitrogen functional groups attached to an aromatic ring is 1. The Labute approximate surface area is 121 Å². The molecule has 0 aliphatic rings. The Morgan fingerprint density at radius 2 is 1.65 bits per heavy atom. The minimum Gasteiger partial charge on any atom is -0.383 e. The summed E-state index contributed by atoms with van der Waals surface area (Å²) in [4.78, 5) is 4.76. The van der Waals surface area contributed by atoms with E-state index in [0.29, 0.717) is 0 Å². The molecule has 0 atom stereocenters. The largest absolute Gasteiger partial charge is 0.383 e. The quantitative estimate of drug-likeness (QED) is 0.916. The fourth-order valence-electron chi connectivity index (χ4n) is 2.58. The topological polar surface area (TPSA) is 43.8 Å². The van der Waals surface area contributed by atoms with Crippen LogP contribution in [0.2, 0.25) is 0 Å². The third-order valence-corrected chi connectivity index (χ3v) is 3.61. The highest BCUT2D eigenvalue weighted by molar-refractivity contribution is 5.71. The molecule has 1 aromatic carbocycles. The minimum atomic E-state index is -0.0516. The number of aromatic nitrogens is 2. The standard InChI is InChI=1S/C17H25N3/c1-6-12-8-10-13(11-9-12)15-16(18)20(17(3,4)5)14(7-2)19-15/h8-11H,6-7,18H2,1-5H3. The molecule has 0 amide bonds. The van der Waals surface area contributed by atoms with Crippen molar-refractivity contribution in [1.29, 1.82) is 0 Å². The number of hydrogen-bond donors (Lipinski definition) is 1. The zero-order chi connectivity index (χ0) is 14.9. The second-order valence-corrected chi connectivity index (χ2v) is 6.17. The first-order valence-corrected chi connectivity index (χ1v) is 7.35. The second-order valence-electron chi connectivity index (χ2n) is 6.17. The molecular weight excluding hydrogens is 246 g/mol. The lowest BCUT2D eigenvalue weighted by molar-refractivity contribution is 0.389. The van der Waals surface area contributed by atoms with Crippen LogP contribution >= 0.6 is 0 Å². The lowest BCUT2D eigenvalue weighted by Gasteiger charge is -2.24. The van der Waals surface area contributed by atoms with Crippen LogP contribution in [-0.2, 0) is 18.4 Å². The minimum absolute atomic E-state index is 0.0516. The lowest BCUT2D eigenvalue weighted by atomic mass is 10.1. The zero-order valence-corrected chi connectivity index (χ0v) is 13.2. The Bertz CT molecular complexity index is 586. The second kappa shape index (κ2) is 5.31. The molecule has 0 unspecified atom stereocenters. The summed E-state index contributed by atoms with van der Waals surface area (Å²) in [6, 6.07) is 8.53. The normalized spacial score (nSPS) is 11.8. The average Bonchev–Trinajstić information content (AvgIpc) is 2.75. The molecule has 3 heteroatoms. The molecule has 0 aliphatic carbocycles. The summed E-state index contributed by atoms with van der Waals surface area (Å²) < 4.78 is 2.15. The first-order valence-electron chi connectivity index (χ1n) is 7.35. The van der Waals surface area contributed by atoms with E-state index < -0.39 is 0 Å². The van der Waals surface area contributed by atoms with Gasteiger partial charge in [-0.3, -0.25) is 0 Å². The first kappa shape index (κ1) is 14.6. The number of rotatable bonds is 3. The van der Waals surface area contributed by atoms with E-state index in [-0.39, 0.29) is 5.54 Å². The third-order valence-electron chi connectivity index (χ3n) is 3.61. The molecule has 0 saturated carbocycles. The van der Waals surface area contributed by atoms with Crippen molar-refractivity contribution in [3.05, 3.63) is 35.7 Å². The van der Waals surface area contributed by atoms with Gasteiger partial charge in [0.2, 0.25) is 0 Å². The fourth-order valence-corrected chi connectivity index (χ4v) is 2.58. The fraction of sp³-hybridized carbons (Fsp3) is 0.471. The molecular formula is C17H25N3. The number of nitrogens with zero attached hydrogens (tertiary/aromatic N) is 2. The predicted molar refractivity (Wildman–Crippen MR) is 85.8 cm³/mol. The van der Waals surface area contributed by atoms with E-state index in [1.165, 1.54) is 5.56 Å². The van der Waals surface area contributed by atoms with Crippen LogP contribution in [0.25, 0.3) is 11.3 Å². The maximum atomic E-state index is 6.37. The van der Waals surface area contributed by atoms with Crippen LogP contribution in [-0.4, -0.2) is 9.55 Å². The van der Waals surface area contributed by atoms with Gasteiger partial charge in [-0.15, -0.1) is 0 Å². The zero-order valence-electron chi connectivity index (χ0n) is 13.2. The van der Waals surface area contributed by atoms with Crippen LogP contribution in [0.15, 0.2) is 24.3 Å². The summed E-state index contributed by atoms with van der Waals surface area (Å²) >= 11 is 0. The summed E-state index contributed by atoms with van der Waals surface area (Å²) in [5.74, 6) is 1.81. The van der Waals surface area contributed by atoms with Crippen molar-refractivity contribution in [3.63, 3.8) is 0 Å². The van der Waals surface area contributed by atoms with Gasteiger partial charge in [0.15, 0.2) is 0 Å². The van der Waals surface area contributed by atoms with E-state index in [0.717, 1.165) is 35.7 Å². The van der Waals surface area contributed by atoms with E-state index in [4.69, 9.17) is 10.7 Å². The molecule has 0 spiro atoms. The monoisotopic (exact) mass is 271 g/mol. The van der Waals surface area contributed by atoms with Gasteiger partial charge >= 0.3 is 0 Å². The Kier molecular flexibility index (Phi) is 3.89. The van der Waals surface area contributed by atoms with Crippen molar-refractivity contribution in [2.45, 2.75) is 53.0 Å². The molecule has 2 rings (SSSR count). The molecule has 2 N–H and O–H groups in total. The van der Waals surface area contributed by atoms with Crippen molar-refractivity contribution < 1.29 is 0 Å². The van der Waals surface area contributed by atoms with Gasteiger partial charge in [-0.2, -0.15) is 0 Å². The molecule has 2 aromatic rings. The van der Waals surface area contributed by atoms with E-state index in [9.17, 15) is 0 Å². The SMILES string of the molecule is CCc1ccc(-c2nc(CC)n(C(C)(C)C)c2N)cc1. The summed E-state index contributed by atoms with van der Waals surface area (Å²) in [6.45, 7) is 10.8. The molecule has 0 aliphatic heterocycles. The Morgan fingerprint density at radius 3 is 2.05 bits per heavy atom. The molecule has 1 heterocycles. The van der Waals surface area contributed by atoms with Crippen LogP contribution < -0.4 is 5.73 Å². The van der Waals surface area contributed by atoms with E-state index in [1.54, 1.807) is 0 Å². The predicted octanol–water partition coefficient (Wildman–Crippen LogP) is 4.01. The number of benzene rings is 1. The van der Waals surface area contributed by atoms with Gasteiger partial charge in [-0.05, 0) is 32.8 Å². The third kappa shape index (κ3) is 2.58. The summed E-state index contributed by atoms with van der Waals surface area (Å²) in [5.41, 5.74) is 9.65. The molecule has 3 nitrogen and oxygen atoms in total. The number of hydrogen-bond acceptors (Lipinski definition) is 2. The van der Waals surface area contributed by atoms with Crippen molar-refractivity contribution in [1.82, 2.24) is 9.55 Å². The van der Waals surface area contributed by atoms with Gasteiger partial charge in [0.05, 0.1) is 0 Å². The van der Waals surface area contributed by atoms with Gasteiger partial charge in [0.1, 0.15) is 17.3 Å². The van der Waals surface area contributed by atoms with Crippen molar-refractivity contribution in [2.24, 2.45) is 0 Å². The van der Waals surface area contributed by atoms with E-state index in [1.807, 2.05) is 0 Å². The van der Waals surface area contributed by atoms with E-state index in [2.05, 4.69) is 63.5 Å². The van der Waals surface area contributed by atoms with Crippen LogP contribution in [0.3, 0.4) is 0 Å². The maximum Gasteiger partial charge on any atom is 0.132 e. The van der Waals surface area contributed by atoms with Crippen LogP contribution in [0, 0.1) is 0 Å². The molecule has 0 saturated heterocycles. The Balaban J connectivity index is 2.54. The average molecular weight is 271 g/mol. The highest BCUT2D eigenvalue weighted by Gasteiger charge is 2.23. The lowest BCUT2D eigenvalue weighted by Crippen LogP contribution is -2.25. The molecule has 0 fully saturated rings. The smallest absolute Gasteiger partial charge is 0.132 e. The number of anilines is 1. The molecule has 1 aromatic heterocycles. The van der Waals surface area contributed by atoms with Crippen LogP contribution in [0.5, 0.6) is 0 Å². The summed E-state index contributed by atoms with van der Waals surface area (Å²) in [5, 5.41) is 0. The maximum absolute atomic E-state index is 6.37. The molecule has 0 radical (unpaired) electrons. The van der Waals surface area contributed by atoms with Crippen molar-refractivity contribution >= 4 is 5.82 Å². The van der Waals surface area contributed by atoms with Gasteiger partial charge < -0.3 is 10.3 Å². The first-order chi connectivity index (χ1) is 9.38. The van der Waals surface area contributed by atoms with Crippen LogP contribution in [0.1, 0.15) is 46.0 Å². The summed E-state index contributed by atoms with van der Waals surface area (Å²) in [6.07, 6.45) is 1.93. The Morgan fingerprint density at radius 1 is 1.05 bits per heavy atom. The van der Waals surface area contributed by atoms with Gasteiger partial charge in [-0.1, -0.05) is 38.1 Å². The van der Waals surface area contributed by atoms with Crippen molar-refractivity contribution in [3.8, 4) is 11.3 Å². The van der Waals surface area contributed by atoms with Crippen LogP contribution in [0.4, 0.5) is 5.82 Å². The highest BCUT2D eigenvalue weighted by atomic mass is 15.2. The van der Waals surface area contributed by atoms with Gasteiger partial charge in [0.25, 0.3) is 0 Å². The van der Waals surface area contributed by atoms with Gasteiger partial charge in [-0.25, -0.2) is 4.98 Å². The highest BCUT2D eigenvalue weighted by Crippen LogP contribution is 2.31. The molecule has 0 bridgehead atoms. The molecule has 108 valence electrons. The summed E-state index contributed by atoms with van der Waals surface area (Å²) in [7, 11) is 0. The van der Waals surface area contributed by atoms with Crippen molar-refractivity contribution in [2.75, 3.05) is 5.73 Å².